The fraction of sp³-hybridized carbons (Fsp3) is 0.143. The maximum absolute atomic E-state index is 9.58. The highest BCUT2D eigenvalue weighted by Crippen LogP contribution is 2.34. The summed E-state index contributed by atoms with van der Waals surface area (Å²) in [5.41, 5.74) is 2.66. The molecular formula is C21H18ClN3O3S. The van der Waals surface area contributed by atoms with Gasteiger partial charge in [-0.25, -0.2) is 4.98 Å². The smallest absolute Gasteiger partial charge is 0.161 e. The van der Waals surface area contributed by atoms with Crippen molar-refractivity contribution in [2.75, 3.05) is 26.6 Å². The predicted molar refractivity (Wildman–Crippen MR) is 116 cm³/mol. The zero-order valence-electron chi connectivity index (χ0n) is 16.0. The van der Waals surface area contributed by atoms with E-state index in [1.165, 1.54) is 11.3 Å². The van der Waals surface area contributed by atoms with Gasteiger partial charge in [-0.2, -0.15) is 5.26 Å². The van der Waals surface area contributed by atoms with Crippen LogP contribution in [0.5, 0.6) is 17.2 Å². The molecule has 6 nitrogen and oxygen atoms in total. The van der Waals surface area contributed by atoms with Gasteiger partial charge in [-0.1, -0.05) is 11.6 Å². The van der Waals surface area contributed by atoms with E-state index in [1.54, 1.807) is 45.7 Å². The summed E-state index contributed by atoms with van der Waals surface area (Å²) in [6.45, 7) is 0. The lowest BCUT2D eigenvalue weighted by Crippen LogP contribution is -1.95. The number of nitriles is 1. The van der Waals surface area contributed by atoms with E-state index in [0.29, 0.717) is 38.5 Å². The van der Waals surface area contributed by atoms with Gasteiger partial charge < -0.3 is 19.5 Å². The molecule has 1 heterocycles. The average Bonchev–Trinajstić information content (AvgIpc) is 3.24. The number of nitrogens with zero attached hydrogens (tertiary/aromatic N) is 2. The number of thiazole rings is 1. The third kappa shape index (κ3) is 4.62. The van der Waals surface area contributed by atoms with Crippen molar-refractivity contribution in [3.8, 4) is 34.6 Å². The summed E-state index contributed by atoms with van der Waals surface area (Å²) < 4.78 is 15.9. The summed E-state index contributed by atoms with van der Waals surface area (Å²) in [5, 5.41) is 15.7. The second-order valence-electron chi connectivity index (χ2n) is 5.77. The van der Waals surface area contributed by atoms with Crippen LogP contribution >= 0.6 is 22.9 Å². The van der Waals surface area contributed by atoms with Gasteiger partial charge in [0.25, 0.3) is 0 Å². The van der Waals surface area contributed by atoms with Crippen LogP contribution in [0.4, 0.5) is 5.69 Å². The van der Waals surface area contributed by atoms with Crippen molar-refractivity contribution in [2.45, 2.75) is 0 Å². The fourth-order valence-corrected chi connectivity index (χ4v) is 3.58. The molecule has 1 aromatic heterocycles. The number of hydrogen-bond acceptors (Lipinski definition) is 7. The van der Waals surface area contributed by atoms with Crippen molar-refractivity contribution in [2.24, 2.45) is 0 Å². The summed E-state index contributed by atoms with van der Waals surface area (Å²) in [7, 11) is 4.74. The molecule has 2 aromatic carbocycles. The van der Waals surface area contributed by atoms with E-state index >= 15 is 0 Å². The molecule has 0 fully saturated rings. The number of benzene rings is 2. The van der Waals surface area contributed by atoms with E-state index in [4.69, 9.17) is 25.8 Å². The molecule has 0 bridgehead atoms. The van der Waals surface area contributed by atoms with E-state index in [9.17, 15) is 5.26 Å². The van der Waals surface area contributed by atoms with Crippen molar-refractivity contribution < 1.29 is 14.2 Å². The summed E-state index contributed by atoms with van der Waals surface area (Å²) in [6, 6.07) is 12.9. The molecule has 0 saturated heterocycles. The highest BCUT2D eigenvalue weighted by Gasteiger charge is 2.12. The Morgan fingerprint density at radius 1 is 1.07 bits per heavy atom. The van der Waals surface area contributed by atoms with Crippen LogP contribution in [0.15, 0.2) is 48.0 Å². The highest BCUT2D eigenvalue weighted by atomic mass is 35.5. The summed E-state index contributed by atoms with van der Waals surface area (Å²) in [4.78, 5) is 4.59. The monoisotopic (exact) mass is 427 g/mol. The van der Waals surface area contributed by atoms with E-state index in [1.807, 2.05) is 23.6 Å². The molecule has 0 aliphatic heterocycles. The van der Waals surface area contributed by atoms with Crippen LogP contribution in [-0.4, -0.2) is 26.3 Å². The second kappa shape index (κ2) is 9.32. The predicted octanol–water partition coefficient (Wildman–Crippen LogP) is 5.47. The van der Waals surface area contributed by atoms with Crippen molar-refractivity contribution in [1.29, 1.82) is 5.26 Å². The molecule has 0 atom stereocenters. The SMILES string of the molecule is COc1ccc(Cl)cc1N/C=C(/C#N)c1nc(-c2ccc(OC)c(OC)c2)cs1. The molecule has 0 amide bonds. The van der Waals surface area contributed by atoms with Crippen molar-refractivity contribution in [1.82, 2.24) is 4.98 Å². The lowest BCUT2D eigenvalue weighted by atomic mass is 10.1. The van der Waals surface area contributed by atoms with Gasteiger partial charge in [-0.3, -0.25) is 0 Å². The van der Waals surface area contributed by atoms with Gasteiger partial charge in [0.15, 0.2) is 11.5 Å². The first-order valence-corrected chi connectivity index (χ1v) is 9.74. The molecule has 29 heavy (non-hydrogen) atoms. The van der Waals surface area contributed by atoms with Crippen molar-refractivity contribution in [3.63, 3.8) is 0 Å². The van der Waals surface area contributed by atoms with Gasteiger partial charge in [0.2, 0.25) is 0 Å². The molecule has 3 aromatic rings. The van der Waals surface area contributed by atoms with Crippen LogP contribution in [0.25, 0.3) is 16.8 Å². The van der Waals surface area contributed by atoms with E-state index in [-0.39, 0.29) is 0 Å². The Bertz CT molecular complexity index is 1090. The molecule has 3 rings (SSSR count). The standard InChI is InChI=1S/C21H18ClN3O3S/c1-26-18-7-5-15(22)9-16(18)24-11-14(10-23)21-25-17(12-29-21)13-4-6-19(27-2)20(8-13)28-3/h4-9,11-12,24H,1-3H3/b14-11-. The number of aromatic nitrogens is 1. The topological polar surface area (TPSA) is 76.4 Å². The van der Waals surface area contributed by atoms with Crippen LogP contribution in [0, 0.1) is 11.3 Å². The number of methoxy groups -OCH3 is 3. The third-order valence-corrected chi connectivity index (χ3v) is 5.18. The molecule has 0 aliphatic carbocycles. The Kier molecular flexibility index (Phi) is 6.60. The lowest BCUT2D eigenvalue weighted by molar-refractivity contribution is 0.355. The van der Waals surface area contributed by atoms with Crippen molar-refractivity contribution >= 4 is 34.2 Å². The number of hydrogen-bond donors (Lipinski definition) is 1. The number of allylic oxidation sites excluding steroid dienone is 1. The summed E-state index contributed by atoms with van der Waals surface area (Å²) in [5.74, 6) is 1.88. The van der Waals surface area contributed by atoms with E-state index in [2.05, 4.69) is 16.4 Å². The summed E-state index contributed by atoms with van der Waals surface area (Å²) in [6.07, 6.45) is 1.59. The van der Waals surface area contributed by atoms with Gasteiger partial charge in [0, 0.05) is 22.2 Å². The second-order valence-corrected chi connectivity index (χ2v) is 7.06. The molecule has 0 unspecified atom stereocenters. The maximum atomic E-state index is 9.58. The minimum absolute atomic E-state index is 0.392. The molecule has 0 spiro atoms. The van der Waals surface area contributed by atoms with E-state index < -0.39 is 0 Å². The normalized spacial score (nSPS) is 10.9. The molecule has 0 radical (unpaired) electrons. The van der Waals surface area contributed by atoms with Gasteiger partial charge in [0.05, 0.1) is 32.7 Å². The van der Waals surface area contributed by atoms with Crippen molar-refractivity contribution in [3.05, 3.63) is 58.0 Å². The first kappa shape index (κ1) is 20.5. The quantitative estimate of drug-likeness (QED) is 0.504. The zero-order valence-corrected chi connectivity index (χ0v) is 17.6. The minimum Gasteiger partial charge on any atom is -0.495 e. The Morgan fingerprint density at radius 3 is 2.48 bits per heavy atom. The molecule has 1 N–H and O–H groups in total. The Balaban J connectivity index is 1.87. The number of rotatable bonds is 7. The van der Waals surface area contributed by atoms with Crippen LogP contribution in [0.1, 0.15) is 5.01 Å². The Morgan fingerprint density at radius 2 is 1.79 bits per heavy atom. The maximum Gasteiger partial charge on any atom is 0.161 e. The van der Waals surface area contributed by atoms with Gasteiger partial charge in [-0.05, 0) is 36.4 Å². The number of nitrogens with one attached hydrogen (secondary N) is 1. The number of ether oxygens (including phenoxy) is 3. The lowest BCUT2D eigenvalue weighted by Gasteiger charge is -2.09. The fourth-order valence-electron chi connectivity index (χ4n) is 2.61. The van der Waals surface area contributed by atoms with Gasteiger partial charge in [0.1, 0.15) is 22.4 Å². The molecule has 148 valence electrons. The zero-order chi connectivity index (χ0) is 20.8. The molecule has 0 saturated carbocycles. The number of anilines is 1. The van der Waals surface area contributed by atoms with Crippen LogP contribution in [0.2, 0.25) is 5.02 Å². The largest absolute Gasteiger partial charge is 0.495 e. The van der Waals surface area contributed by atoms with Crippen LogP contribution in [-0.2, 0) is 0 Å². The number of halogens is 1. The third-order valence-electron chi connectivity index (χ3n) is 4.07. The first-order chi connectivity index (χ1) is 14.1. The average molecular weight is 428 g/mol. The Hall–Kier alpha value is -3.21. The molecular weight excluding hydrogens is 410 g/mol. The molecule has 8 heteroatoms. The highest BCUT2D eigenvalue weighted by molar-refractivity contribution is 7.11. The molecule has 0 aliphatic rings. The van der Waals surface area contributed by atoms with E-state index in [0.717, 1.165) is 11.3 Å². The first-order valence-electron chi connectivity index (χ1n) is 8.48. The summed E-state index contributed by atoms with van der Waals surface area (Å²) >= 11 is 7.42. The van der Waals surface area contributed by atoms with Crippen LogP contribution in [0.3, 0.4) is 0 Å². The van der Waals surface area contributed by atoms with Gasteiger partial charge in [-0.15, -0.1) is 11.3 Å². The van der Waals surface area contributed by atoms with Crippen LogP contribution < -0.4 is 19.5 Å². The van der Waals surface area contributed by atoms with Gasteiger partial charge >= 0.3 is 0 Å². The Labute approximate surface area is 177 Å². The minimum atomic E-state index is 0.392.